The van der Waals surface area contributed by atoms with Gasteiger partial charge in [-0.2, -0.15) is 4.31 Å². The summed E-state index contributed by atoms with van der Waals surface area (Å²) in [4.78, 5) is 0. The van der Waals surface area contributed by atoms with Gasteiger partial charge in [0.25, 0.3) is 0 Å². The van der Waals surface area contributed by atoms with E-state index in [1.54, 1.807) is 20.8 Å². The largest absolute Gasteiger partial charge is 0.219 e. The van der Waals surface area contributed by atoms with Crippen molar-refractivity contribution in [3.05, 3.63) is 0 Å². The lowest BCUT2D eigenvalue weighted by Gasteiger charge is -2.32. The Labute approximate surface area is 92.5 Å². The molecule has 0 N–H and O–H groups in total. The summed E-state index contributed by atoms with van der Waals surface area (Å²) in [5, 5.41) is 0. The molecule has 0 aliphatic carbocycles. The highest BCUT2D eigenvalue weighted by atomic mass is 35.5. The van der Waals surface area contributed by atoms with E-state index in [9.17, 15) is 8.42 Å². The minimum Gasteiger partial charge on any atom is -0.212 e. The Hall–Kier alpha value is 0.200. The SMILES string of the molecule is CC(C)N(CCCl)S(=O)(=O)C(C)(C)C. The highest BCUT2D eigenvalue weighted by molar-refractivity contribution is 7.90. The monoisotopic (exact) mass is 241 g/mol. The van der Waals surface area contributed by atoms with Crippen molar-refractivity contribution >= 4 is 21.6 Å². The molecule has 86 valence electrons. The molecular weight excluding hydrogens is 222 g/mol. The Balaban J connectivity index is 5.02. The van der Waals surface area contributed by atoms with Crippen LogP contribution in [0.2, 0.25) is 0 Å². The van der Waals surface area contributed by atoms with Crippen molar-refractivity contribution in [1.82, 2.24) is 4.31 Å². The van der Waals surface area contributed by atoms with Crippen molar-refractivity contribution in [2.24, 2.45) is 0 Å². The van der Waals surface area contributed by atoms with Gasteiger partial charge in [-0.1, -0.05) is 0 Å². The molecule has 0 radical (unpaired) electrons. The maximum absolute atomic E-state index is 12.1. The van der Waals surface area contributed by atoms with Gasteiger partial charge in [0.1, 0.15) is 0 Å². The number of alkyl halides is 1. The molecule has 0 aromatic rings. The van der Waals surface area contributed by atoms with Crippen molar-refractivity contribution in [1.29, 1.82) is 0 Å². The van der Waals surface area contributed by atoms with E-state index in [0.717, 1.165) is 0 Å². The van der Waals surface area contributed by atoms with E-state index in [2.05, 4.69) is 0 Å². The molecule has 3 nitrogen and oxygen atoms in total. The van der Waals surface area contributed by atoms with Crippen LogP contribution in [0.1, 0.15) is 34.6 Å². The van der Waals surface area contributed by atoms with Crippen LogP contribution in [-0.4, -0.2) is 35.9 Å². The highest BCUT2D eigenvalue weighted by Gasteiger charge is 2.36. The molecule has 0 unspecified atom stereocenters. The number of halogens is 1. The number of nitrogens with zero attached hydrogens (tertiary/aromatic N) is 1. The molecule has 0 spiro atoms. The molecule has 0 rings (SSSR count). The summed E-state index contributed by atoms with van der Waals surface area (Å²) >= 11 is 5.59. The third-order valence-electron chi connectivity index (χ3n) is 1.96. The van der Waals surface area contributed by atoms with Crippen LogP contribution in [0.5, 0.6) is 0 Å². The zero-order valence-corrected chi connectivity index (χ0v) is 11.1. The van der Waals surface area contributed by atoms with Crippen molar-refractivity contribution in [3.8, 4) is 0 Å². The first kappa shape index (κ1) is 14.2. The first-order chi connectivity index (χ1) is 6.14. The lowest BCUT2D eigenvalue weighted by atomic mass is 10.3. The average molecular weight is 242 g/mol. The third-order valence-corrected chi connectivity index (χ3v) is 4.90. The average Bonchev–Trinajstić information content (AvgIpc) is 1.96. The second-order valence-corrected chi connectivity index (χ2v) is 7.53. The third kappa shape index (κ3) is 3.11. The van der Waals surface area contributed by atoms with Gasteiger partial charge in [0, 0.05) is 18.5 Å². The molecule has 0 heterocycles. The van der Waals surface area contributed by atoms with E-state index >= 15 is 0 Å². The van der Waals surface area contributed by atoms with Crippen LogP contribution < -0.4 is 0 Å². The fourth-order valence-corrected chi connectivity index (χ4v) is 2.96. The van der Waals surface area contributed by atoms with Gasteiger partial charge in [-0.05, 0) is 34.6 Å². The van der Waals surface area contributed by atoms with E-state index in [1.807, 2.05) is 13.8 Å². The van der Waals surface area contributed by atoms with Crippen LogP contribution in [0.25, 0.3) is 0 Å². The molecule has 0 aliphatic rings. The number of sulfonamides is 1. The molecule has 0 aromatic carbocycles. The Morgan fingerprint density at radius 3 is 1.93 bits per heavy atom. The maximum Gasteiger partial charge on any atom is 0.219 e. The zero-order chi connectivity index (χ0) is 11.6. The standard InChI is InChI=1S/C9H20ClNO2S/c1-8(2)11(7-6-10)14(12,13)9(3,4)5/h8H,6-7H2,1-5H3. The van der Waals surface area contributed by atoms with Gasteiger partial charge < -0.3 is 0 Å². The molecule has 0 saturated carbocycles. The minimum absolute atomic E-state index is 0.0435. The van der Waals surface area contributed by atoms with E-state index < -0.39 is 14.8 Å². The van der Waals surface area contributed by atoms with Crippen molar-refractivity contribution < 1.29 is 8.42 Å². The first-order valence-electron chi connectivity index (χ1n) is 4.72. The van der Waals surface area contributed by atoms with Gasteiger partial charge in [-0.3, -0.25) is 0 Å². The van der Waals surface area contributed by atoms with Gasteiger partial charge >= 0.3 is 0 Å². The summed E-state index contributed by atoms with van der Waals surface area (Å²) in [7, 11) is -3.25. The van der Waals surface area contributed by atoms with Crippen molar-refractivity contribution in [3.63, 3.8) is 0 Å². The fraction of sp³-hybridized carbons (Fsp3) is 1.00. The number of rotatable bonds is 4. The van der Waals surface area contributed by atoms with Crippen LogP contribution in [0.15, 0.2) is 0 Å². The summed E-state index contributed by atoms with van der Waals surface area (Å²) in [5.74, 6) is 0.327. The van der Waals surface area contributed by atoms with Gasteiger partial charge in [0.05, 0.1) is 4.75 Å². The molecular formula is C9H20ClNO2S. The van der Waals surface area contributed by atoms with E-state index in [1.165, 1.54) is 4.31 Å². The molecule has 0 amide bonds. The van der Waals surface area contributed by atoms with E-state index in [-0.39, 0.29) is 6.04 Å². The Morgan fingerprint density at radius 1 is 1.29 bits per heavy atom. The number of hydrogen-bond donors (Lipinski definition) is 0. The molecule has 0 saturated heterocycles. The van der Waals surface area contributed by atoms with Crippen molar-refractivity contribution in [2.75, 3.05) is 12.4 Å². The summed E-state index contributed by atoms with van der Waals surface area (Å²) in [6.07, 6.45) is 0. The van der Waals surface area contributed by atoms with Gasteiger partial charge in [0.15, 0.2) is 0 Å². The molecule has 5 heteroatoms. The summed E-state index contributed by atoms with van der Waals surface area (Å²) < 4.78 is 24.8. The second kappa shape index (κ2) is 4.81. The summed E-state index contributed by atoms with van der Waals surface area (Å²) in [6.45, 7) is 9.19. The predicted molar refractivity (Wildman–Crippen MR) is 61.2 cm³/mol. The lowest BCUT2D eigenvalue weighted by molar-refractivity contribution is 0.357. The Morgan fingerprint density at radius 2 is 1.71 bits per heavy atom. The normalized spacial score (nSPS) is 14.0. The van der Waals surface area contributed by atoms with Gasteiger partial charge in [-0.15, -0.1) is 11.6 Å². The van der Waals surface area contributed by atoms with Gasteiger partial charge in [-0.25, -0.2) is 8.42 Å². The minimum atomic E-state index is -3.25. The van der Waals surface area contributed by atoms with Crippen molar-refractivity contribution in [2.45, 2.75) is 45.4 Å². The summed E-state index contributed by atoms with van der Waals surface area (Å²) in [6, 6.07) is -0.0435. The Bertz CT molecular complexity index is 267. The molecule has 0 aromatic heterocycles. The molecule has 0 aliphatic heterocycles. The van der Waals surface area contributed by atoms with E-state index in [4.69, 9.17) is 11.6 Å². The predicted octanol–water partition coefficient (Wildman–Crippen LogP) is 2.06. The number of hydrogen-bond acceptors (Lipinski definition) is 2. The molecule has 0 fully saturated rings. The van der Waals surface area contributed by atoms with Crippen LogP contribution in [0.4, 0.5) is 0 Å². The highest BCUT2D eigenvalue weighted by Crippen LogP contribution is 2.22. The molecule has 14 heavy (non-hydrogen) atoms. The quantitative estimate of drug-likeness (QED) is 0.707. The van der Waals surface area contributed by atoms with Crippen LogP contribution in [-0.2, 0) is 10.0 Å². The van der Waals surface area contributed by atoms with Crippen LogP contribution in [0.3, 0.4) is 0 Å². The topological polar surface area (TPSA) is 37.4 Å². The second-order valence-electron chi connectivity index (χ2n) is 4.51. The van der Waals surface area contributed by atoms with Crippen LogP contribution in [0, 0.1) is 0 Å². The Kier molecular flexibility index (Phi) is 4.88. The van der Waals surface area contributed by atoms with Crippen LogP contribution >= 0.6 is 11.6 Å². The molecule has 0 bridgehead atoms. The van der Waals surface area contributed by atoms with E-state index in [0.29, 0.717) is 12.4 Å². The molecule has 0 atom stereocenters. The zero-order valence-electron chi connectivity index (χ0n) is 9.54. The smallest absolute Gasteiger partial charge is 0.212 e. The lowest BCUT2D eigenvalue weighted by Crippen LogP contribution is -2.47. The van der Waals surface area contributed by atoms with Gasteiger partial charge in [0.2, 0.25) is 10.0 Å². The fourth-order valence-electron chi connectivity index (χ4n) is 1.09. The maximum atomic E-state index is 12.1. The summed E-state index contributed by atoms with van der Waals surface area (Å²) in [5.41, 5.74) is 0. The first-order valence-corrected chi connectivity index (χ1v) is 6.69.